The van der Waals surface area contributed by atoms with Crippen molar-refractivity contribution < 1.29 is 9.72 Å². The maximum atomic E-state index is 12.8. The van der Waals surface area contributed by atoms with Gasteiger partial charge in [0.1, 0.15) is 6.04 Å². The number of carbonyl (C=O) groups excluding carboxylic acids is 1. The Hall–Kier alpha value is -2.93. The van der Waals surface area contributed by atoms with Crippen molar-refractivity contribution in [3.63, 3.8) is 0 Å². The van der Waals surface area contributed by atoms with E-state index in [2.05, 4.69) is 15.5 Å². The fourth-order valence-corrected chi connectivity index (χ4v) is 2.94. The Bertz CT molecular complexity index is 731. The van der Waals surface area contributed by atoms with Gasteiger partial charge in [-0.2, -0.15) is 0 Å². The Kier molecular flexibility index (Phi) is 7.76. The van der Waals surface area contributed by atoms with Crippen LogP contribution in [-0.4, -0.2) is 41.9 Å². The van der Waals surface area contributed by atoms with E-state index in [4.69, 9.17) is 0 Å². The third-order valence-electron chi connectivity index (χ3n) is 4.37. The van der Waals surface area contributed by atoms with Gasteiger partial charge in [0.15, 0.2) is 0 Å². The van der Waals surface area contributed by atoms with Crippen LogP contribution in [0.2, 0.25) is 0 Å². The van der Waals surface area contributed by atoms with Gasteiger partial charge < -0.3 is 10.6 Å². The minimum Gasteiger partial charge on any atom is -0.383 e. The smallest absolute Gasteiger partial charge is 0.269 e. The summed E-state index contributed by atoms with van der Waals surface area (Å²) in [6.07, 6.45) is 0. The van der Waals surface area contributed by atoms with Crippen LogP contribution in [0.25, 0.3) is 0 Å². The molecule has 0 aromatic heterocycles. The van der Waals surface area contributed by atoms with Crippen molar-refractivity contribution >= 4 is 17.3 Å². The van der Waals surface area contributed by atoms with Crippen LogP contribution in [-0.2, 0) is 4.79 Å². The molecular formula is C20H26N4O3. The van der Waals surface area contributed by atoms with Crippen LogP contribution < -0.4 is 10.6 Å². The molecule has 0 aliphatic heterocycles. The summed E-state index contributed by atoms with van der Waals surface area (Å²) in [5, 5.41) is 16.8. The van der Waals surface area contributed by atoms with Gasteiger partial charge in [-0.25, -0.2) is 0 Å². The van der Waals surface area contributed by atoms with E-state index < -0.39 is 4.92 Å². The first-order chi connectivity index (χ1) is 13.1. The number of carbonyl (C=O) groups is 1. The predicted octanol–water partition coefficient (Wildman–Crippen LogP) is 3.21. The lowest BCUT2D eigenvalue weighted by Gasteiger charge is -2.29. The van der Waals surface area contributed by atoms with Gasteiger partial charge in [-0.05, 0) is 30.8 Å². The number of likely N-dealkylation sites (N-methyl/N-ethyl adjacent to an activating group) is 1. The van der Waals surface area contributed by atoms with E-state index in [-0.39, 0.29) is 17.6 Å². The Morgan fingerprint density at radius 2 is 1.67 bits per heavy atom. The molecule has 0 aliphatic carbocycles. The van der Waals surface area contributed by atoms with E-state index in [1.54, 1.807) is 12.1 Å². The average molecular weight is 370 g/mol. The van der Waals surface area contributed by atoms with Crippen molar-refractivity contribution in [3.8, 4) is 0 Å². The van der Waals surface area contributed by atoms with Crippen molar-refractivity contribution in [1.29, 1.82) is 0 Å². The number of amides is 1. The lowest BCUT2D eigenvalue weighted by atomic mass is 10.0. The molecule has 7 nitrogen and oxygen atoms in total. The lowest BCUT2D eigenvalue weighted by molar-refractivity contribution is -0.384. The van der Waals surface area contributed by atoms with Gasteiger partial charge >= 0.3 is 0 Å². The molecule has 0 radical (unpaired) electrons. The molecule has 0 aliphatic rings. The molecule has 7 heteroatoms. The van der Waals surface area contributed by atoms with E-state index >= 15 is 0 Å². The summed E-state index contributed by atoms with van der Waals surface area (Å²) in [7, 11) is 0. The topological polar surface area (TPSA) is 87.5 Å². The minimum atomic E-state index is -0.430. The number of non-ortho nitro benzene ring substituents is 1. The number of nitro groups is 1. The molecular weight excluding hydrogens is 344 g/mol. The summed E-state index contributed by atoms with van der Waals surface area (Å²) in [4.78, 5) is 25.1. The number of anilines is 1. The van der Waals surface area contributed by atoms with Gasteiger partial charge in [-0.3, -0.25) is 19.8 Å². The second-order valence-corrected chi connectivity index (χ2v) is 6.06. The molecule has 27 heavy (non-hydrogen) atoms. The van der Waals surface area contributed by atoms with Gasteiger partial charge in [-0.15, -0.1) is 0 Å². The van der Waals surface area contributed by atoms with Crippen molar-refractivity contribution in [1.82, 2.24) is 10.2 Å². The molecule has 2 N–H and O–H groups in total. The minimum absolute atomic E-state index is 0.0320. The SMILES string of the molecule is CCN(CC)C(C(=O)NCCNc1ccc([N+](=O)[O-])cc1)c1ccccc1. The first kappa shape index (κ1) is 20.4. The molecule has 1 unspecified atom stereocenters. The quantitative estimate of drug-likeness (QED) is 0.381. The molecule has 2 aromatic carbocycles. The van der Waals surface area contributed by atoms with Crippen LogP contribution in [0.3, 0.4) is 0 Å². The van der Waals surface area contributed by atoms with E-state index in [0.29, 0.717) is 13.1 Å². The fraction of sp³-hybridized carbons (Fsp3) is 0.350. The third-order valence-corrected chi connectivity index (χ3v) is 4.37. The van der Waals surface area contributed by atoms with Gasteiger partial charge in [-0.1, -0.05) is 44.2 Å². The molecule has 1 atom stereocenters. The highest BCUT2D eigenvalue weighted by Gasteiger charge is 2.25. The Morgan fingerprint density at radius 3 is 2.22 bits per heavy atom. The zero-order valence-corrected chi connectivity index (χ0v) is 15.7. The largest absolute Gasteiger partial charge is 0.383 e. The van der Waals surface area contributed by atoms with Crippen LogP contribution in [0.1, 0.15) is 25.5 Å². The molecule has 0 fully saturated rings. The summed E-state index contributed by atoms with van der Waals surface area (Å²) < 4.78 is 0. The summed E-state index contributed by atoms with van der Waals surface area (Å²) in [5.74, 6) is -0.0320. The van der Waals surface area contributed by atoms with Crippen molar-refractivity contribution in [2.45, 2.75) is 19.9 Å². The highest BCUT2D eigenvalue weighted by Crippen LogP contribution is 2.20. The number of nitro benzene ring substituents is 1. The zero-order valence-electron chi connectivity index (χ0n) is 15.7. The van der Waals surface area contributed by atoms with Crippen LogP contribution >= 0.6 is 0 Å². The lowest BCUT2D eigenvalue weighted by Crippen LogP contribution is -2.41. The van der Waals surface area contributed by atoms with E-state index in [1.165, 1.54) is 12.1 Å². The van der Waals surface area contributed by atoms with E-state index in [1.807, 2.05) is 44.2 Å². The number of hydrogen-bond acceptors (Lipinski definition) is 5. The highest BCUT2D eigenvalue weighted by molar-refractivity contribution is 5.83. The molecule has 0 saturated carbocycles. The molecule has 1 amide bonds. The Morgan fingerprint density at radius 1 is 1.04 bits per heavy atom. The zero-order chi connectivity index (χ0) is 19.6. The maximum absolute atomic E-state index is 12.8. The van der Waals surface area contributed by atoms with E-state index in [0.717, 1.165) is 24.3 Å². The van der Waals surface area contributed by atoms with Crippen molar-refractivity contribution in [2.24, 2.45) is 0 Å². The molecule has 2 aromatic rings. The van der Waals surface area contributed by atoms with Gasteiger partial charge in [0.25, 0.3) is 5.69 Å². The first-order valence-electron chi connectivity index (χ1n) is 9.11. The normalized spacial score (nSPS) is 11.8. The molecule has 0 heterocycles. The second-order valence-electron chi connectivity index (χ2n) is 6.06. The van der Waals surface area contributed by atoms with Gasteiger partial charge in [0.05, 0.1) is 4.92 Å². The molecule has 144 valence electrons. The van der Waals surface area contributed by atoms with Crippen LogP contribution in [0.5, 0.6) is 0 Å². The fourth-order valence-electron chi connectivity index (χ4n) is 2.94. The predicted molar refractivity (Wildman–Crippen MR) is 107 cm³/mol. The number of benzene rings is 2. The van der Waals surface area contributed by atoms with Crippen LogP contribution in [0, 0.1) is 10.1 Å². The summed E-state index contributed by atoms with van der Waals surface area (Å²) in [6.45, 7) is 6.64. The highest BCUT2D eigenvalue weighted by atomic mass is 16.6. The molecule has 0 saturated heterocycles. The van der Waals surface area contributed by atoms with Gasteiger partial charge in [0.2, 0.25) is 5.91 Å². The average Bonchev–Trinajstić information content (AvgIpc) is 2.70. The van der Waals surface area contributed by atoms with Gasteiger partial charge in [0, 0.05) is 30.9 Å². The van der Waals surface area contributed by atoms with Crippen LogP contribution in [0.15, 0.2) is 54.6 Å². The third kappa shape index (κ3) is 5.79. The monoisotopic (exact) mass is 370 g/mol. The van der Waals surface area contributed by atoms with Crippen molar-refractivity contribution in [3.05, 3.63) is 70.3 Å². The molecule has 0 bridgehead atoms. The standard InChI is InChI=1S/C20H26N4O3/c1-3-23(4-2)19(16-8-6-5-7-9-16)20(25)22-15-14-21-17-10-12-18(13-11-17)24(26)27/h5-13,19,21H,3-4,14-15H2,1-2H3,(H,22,25). The number of rotatable bonds is 10. The first-order valence-corrected chi connectivity index (χ1v) is 9.11. The Balaban J connectivity index is 1.90. The number of hydrogen-bond donors (Lipinski definition) is 2. The summed E-state index contributed by atoms with van der Waals surface area (Å²) in [6, 6.07) is 15.7. The number of nitrogens with one attached hydrogen (secondary N) is 2. The van der Waals surface area contributed by atoms with Crippen LogP contribution in [0.4, 0.5) is 11.4 Å². The number of nitrogens with zero attached hydrogens (tertiary/aromatic N) is 2. The molecule has 0 spiro atoms. The summed E-state index contributed by atoms with van der Waals surface area (Å²) in [5.41, 5.74) is 1.80. The molecule has 2 rings (SSSR count). The van der Waals surface area contributed by atoms with E-state index in [9.17, 15) is 14.9 Å². The summed E-state index contributed by atoms with van der Waals surface area (Å²) >= 11 is 0. The maximum Gasteiger partial charge on any atom is 0.269 e. The van der Waals surface area contributed by atoms with Crippen molar-refractivity contribution in [2.75, 3.05) is 31.5 Å². The Labute approximate surface area is 159 Å². The second kappa shape index (κ2) is 10.3.